The summed E-state index contributed by atoms with van der Waals surface area (Å²) in [7, 11) is 0. The number of rotatable bonds is 10. The molecule has 58 heavy (non-hydrogen) atoms. The molecule has 0 aliphatic carbocycles. The fraction of sp³-hybridized carbons (Fsp3) is 0.350. The Morgan fingerprint density at radius 1 is 0.603 bits per heavy atom. The minimum atomic E-state index is -0.0543. The van der Waals surface area contributed by atoms with E-state index in [1.807, 2.05) is 72.8 Å². The molecular weight excluding hydrogens is 816 g/mol. The first-order valence-electron chi connectivity index (χ1n) is 19.0. The predicted molar refractivity (Wildman–Crippen MR) is 239 cm³/mol. The van der Waals surface area contributed by atoms with Crippen LogP contribution in [0.25, 0.3) is 22.1 Å². The van der Waals surface area contributed by atoms with Crippen molar-refractivity contribution >= 4 is 80.6 Å². The third kappa shape index (κ3) is 12.5. The zero-order valence-electron chi connectivity index (χ0n) is 32.0. The van der Waals surface area contributed by atoms with Crippen LogP contribution in [0, 0.1) is 0 Å². The fourth-order valence-electron chi connectivity index (χ4n) is 7.19. The summed E-state index contributed by atoms with van der Waals surface area (Å²) in [5, 5.41) is 27.3. The molecule has 2 aliphatic heterocycles. The second kappa shape index (κ2) is 22.8. The number of piperazine rings is 2. The first-order chi connectivity index (χ1) is 28.2. The molecule has 0 amide bonds. The van der Waals surface area contributed by atoms with Crippen LogP contribution in [0.15, 0.2) is 107 Å². The van der Waals surface area contributed by atoms with Crippen LogP contribution in [0.1, 0.15) is 12.8 Å². The minimum absolute atomic E-state index is 0.0543. The number of benzene rings is 2. The molecular formula is C40H46Cl2N12O2S2. The third-order valence-corrected chi connectivity index (χ3v) is 10.5. The molecule has 2 aromatic carbocycles. The van der Waals surface area contributed by atoms with Gasteiger partial charge in [0.15, 0.2) is 11.3 Å². The Kier molecular flexibility index (Phi) is 17.3. The zero-order valence-corrected chi connectivity index (χ0v) is 35.1. The predicted octanol–water partition coefficient (Wildman–Crippen LogP) is 3.21. The van der Waals surface area contributed by atoms with E-state index in [0.717, 1.165) is 88.3 Å². The number of hydrogen-bond donors (Lipinski definition) is 2. The third-order valence-electron chi connectivity index (χ3n) is 10.1. The molecule has 18 heteroatoms. The molecule has 0 radical (unpaired) electrons. The molecule has 304 valence electrons. The monoisotopic (exact) mass is 860 g/mol. The molecule has 2 fully saturated rings. The Morgan fingerprint density at radius 3 is 1.33 bits per heavy atom. The molecule has 6 aromatic rings. The van der Waals surface area contributed by atoms with E-state index < -0.39 is 0 Å². The molecule has 0 saturated carbocycles. The maximum Gasteiger partial charge on any atom is 0.350 e. The van der Waals surface area contributed by atoms with E-state index in [1.165, 1.54) is 21.7 Å². The van der Waals surface area contributed by atoms with Crippen LogP contribution in [0.5, 0.6) is 0 Å². The van der Waals surface area contributed by atoms with Gasteiger partial charge in [-0.25, -0.2) is 19.0 Å². The van der Waals surface area contributed by atoms with E-state index in [4.69, 9.17) is 34.0 Å². The highest BCUT2D eigenvalue weighted by Gasteiger charge is 2.21. The van der Waals surface area contributed by atoms with Gasteiger partial charge in [-0.3, -0.25) is 8.80 Å². The minimum Gasteiger partial charge on any atom is -0.753 e. The van der Waals surface area contributed by atoms with Gasteiger partial charge in [-0.2, -0.15) is 10.3 Å². The van der Waals surface area contributed by atoms with Gasteiger partial charge in [0.05, 0.1) is 78.5 Å². The molecule has 6 heterocycles. The first-order valence-corrected chi connectivity index (χ1v) is 20.6. The number of fused-ring (bicyclic) bond motifs is 2. The van der Waals surface area contributed by atoms with Crippen LogP contribution in [0.4, 0.5) is 11.4 Å². The van der Waals surface area contributed by atoms with Crippen molar-refractivity contribution < 1.29 is 9.80 Å². The van der Waals surface area contributed by atoms with E-state index in [2.05, 4.69) is 56.6 Å². The number of aryl methyl sites for hydroxylation is 2. The Labute approximate surface area is 357 Å². The number of thiocarbonyl (C=S) groups is 2. The normalized spacial score (nSPS) is 14.3. The van der Waals surface area contributed by atoms with Gasteiger partial charge in [-0.1, -0.05) is 71.9 Å². The second-order valence-electron chi connectivity index (χ2n) is 13.7. The largest absolute Gasteiger partial charge is 0.753 e. The molecule has 2 N–H and O–H groups in total. The number of isothiocyanates is 2. The Hall–Kier alpha value is -5.02. The van der Waals surface area contributed by atoms with E-state index in [9.17, 15) is 9.59 Å². The van der Waals surface area contributed by atoms with Crippen molar-refractivity contribution in [3.63, 3.8) is 0 Å². The molecule has 0 spiro atoms. The lowest BCUT2D eigenvalue weighted by molar-refractivity contribution is -0.901. The van der Waals surface area contributed by atoms with Crippen molar-refractivity contribution in [2.75, 3.05) is 75.2 Å². The van der Waals surface area contributed by atoms with Crippen molar-refractivity contribution in [2.24, 2.45) is 0 Å². The van der Waals surface area contributed by atoms with Gasteiger partial charge in [0.25, 0.3) is 0 Å². The van der Waals surface area contributed by atoms with Gasteiger partial charge in [0.1, 0.15) is 0 Å². The number of quaternary nitrogens is 2. The van der Waals surface area contributed by atoms with Crippen LogP contribution >= 0.6 is 47.6 Å². The standard InChI is InChI=1S/2C19H22ClN5O.2CNS/c2*20-16-5-3-6-17(15-16)23-13-11-22(12-14-23)8-4-10-25-19(26)24-9-2-1-7-18(24)21-25;2*2-1-3/h2*1-3,5-7,9,15H,4,8,10-14H2;;/q;;2*-1/p+2. The van der Waals surface area contributed by atoms with Gasteiger partial charge in [0.2, 0.25) is 0 Å². The van der Waals surface area contributed by atoms with Crippen LogP contribution in [0.3, 0.4) is 0 Å². The molecule has 8 rings (SSSR count). The summed E-state index contributed by atoms with van der Waals surface area (Å²) in [4.78, 5) is 32.5. The average molecular weight is 862 g/mol. The van der Waals surface area contributed by atoms with Crippen LogP contribution < -0.4 is 31.0 Å². The maximum atomic E-state index is 12.3. The number of pyridine rings is 2. The topological polar surface area (TPSA) is 139 Å². The summed E-state index contributed by atoms with van der Waals surface area (Å²) in [5.41, 5.74) is 3.71. The molecule has 14 nitrogen and oxygen atoms in total. The Bertz CT molecular complexity index is 2240. The van der Waals surface area contributed by atoms with Crippen molar-refractivity contribution in [1.82, 2.24) is 28.4 Å². The van der Waals surface area contributed by atoms with Crippen molar-refractivity contribution in [3.8, 4) is 0 Å². The highest BCUT2D eigenvalue weighted by Crippen LogP contribution is 2.20. The highest BCUT2D eigenvalue weighted by atomic mass is 35.5. The summed E-state index contributed by atoms with van der Waals surface area (Å²) in [5.74, 6) is 0. The molecule has 0 atom stereocenters. The van der Waals surface area contributed by atoms with Crippen molar-refractivity contribution in [2.45, 2.75) is 25.9 Å². The van der Waals surface area contributed by atoms with Crippen LogP contribution in [0.2, 0.25) is 10.0 Å². The summed E-state index contributed by atoms with van der Waals surface area (Å²) in [6.45, 7) is 12.0. The van der Waals surface area contributed by atoms with Gasteiger partial charge < -0.3 is 30.4 Å². The van der Waals surface area contributed by atoms with E-state index in [1.54, 1.807) is 40.4 Å². The smallest absolute Gasteiger partial charge is 0.350 e. The maximum absolute atomic E-state index is 12.3. The SMILES string of the molecule is O=c1n(CCC[NH+]2CCN(c3cccc(Cl)c3)CC2)nc2ccccn12.O=c1n(CCC[NH+]2CCN(c3cccc(Cl)c3)CC2)nc2ccccn12.[N-]=C=S.[N-]=C=S. The molecule has 2 saturated heterocycles. The van der Waals surface area contributed by atoms with Gasteiger partial charge in [-0.05, 0) is 60.7 Å². The summed E-state index contributed by atoms with van der Waals surface area (Å²) in [6, 6.07) is 27.3. The van der Waals surface area contributed by atoms with Gasteiger partial charge in [0, 0.05) is 46.7 Å². The van der Waals surface area contributed by atoms with Crippen molar-refractivity contribution in [3.05, 3.63) is 139 Å². The fourth-order valence-corrected chi connectivity index (χ4v) is 7.56. The van der Waals surface area contributed by atoms with Gasteiger partial charge >= 0.3 is 11.4 Å². The quantitative estimate of drug-likeness (QED) is 0.158. The molecule has 0 bridgehead atoms. The lowest BCUT2D eigenvalue weighted by Crippen LogP contribution is -3.14. The lowest BCUT2D eigenvalue weighted by atomic mass is 10.2. The van der Waals surface area contributed by atoms with Crippen molar-refractivity contribution in [1.29, 1.82) is 0 Å². The highest BCUT2D eigenvalue weighted by molar-refractivity contribution is 7.78. The van der Waals surface area contributed by atoms with Gasteiger partial charge in [-0.15, -0.1) is 10.2 Å². The molecule has 2 aliphatic rings. The Morgan fingerprint density at radius 2 is 0.983 bits per heavy atom. The number of anilines is 2. The second-order valence-corrected chi connectivity index (χ2v) is 14.9. The van der Waals surface area contributed by atoms with Crippen LogP contribution in [-0.2, 0) is 13.1 Å². The summed E-state index contributed by atoms with van der Waals surface area (Å²) >= 11 is 19.6. The first kappa shape index (κ1) is 44.1. The zero-order chi connectivity index (χ0) is 41.3. The van der Waals surface area contributed by atoms with Crippen LogP contribution in [-0.4, -0.2) is 104 Å². The van der Waals surface area contributed by atoms with E-state index in [-0.39, 0.29) is 11.4 Å². The van der Waals surface area contributed by atoms with E-state index in [0.29, 0.717) is 24.4 Å². The number of halogens is 2. The average Bonchev–Trinajstić information content (AvgIpc) is 3.74. The summed E-state index contributed by atoms with van der Waals surface area (Å²) in [6.07, 6.45) is 5.44. The lowest BCUT2D eigenvalue weighted by Gasteiger charge is -2.33. The number of nitrogens with one attached hydrogen (secondary N) is 2. The molecule has 4 aromatic heterocycles. The number of aromatic nitrogens is 6. The summed E-state index contributed by atoms with van der Waals surface area (Å²) < 4.78 is 6.35. The number of nitrogens with zero attached hydrogens (tertiary/aromatic N) is 10. The number of hydrogen-bond acceptors (Lipinski definition) is 8. The Balaban J connectivity index is 0.000000195. The van der Waals surface area contributed by atoms with E-state index >= 15 is 0 Å². The molecule has 0 unspecified atom stereocenters.